The Morgan fingerprint density at radius 3 is 2.85 bits per heavy atom. The molecule has 1 unspecified atom stereocenters. The first-order valence-electron chi connectivity index (χ1n) is 8.23. The molecule has 0 radical (unpaired) electrons. The minimum Gasteiger partial charge on any atom is -0.357 e. The molecule has 1 saturated heterocycles. The average molecular weight is 273 g/mol. The standard InChI is InChI=1S/C17H27N3/c1-3-14-7-10-20(11-8-14)16-5-4-15-6-9-18-12-13(2)17(15)19-16/h4-5,13-14,18H,3,6-12H2,1-2H3. The summed E-state index contributed by atoms with van der Waals surface area (Å²) in [5.41, 5.74) is 2.76. The van der Waals surface area contributed by atoms with Gasteiger partial charge in [0.15, 0.2) is 0 Å². The zero-order valence-corrected chi connectivity index (χ0v) is 12.9. The summed E-state index contributed by atoms with van der Waals surface area (Å²) in [6.07, 6.45) is 5.10. The molecule has 20 heavy (non-hydrogen) atoms. The second-order valence-corrected chi connectivity index (χ2v) is 6.41. The molecule has 0 amide bonds. The Bertz CT molecular complexity index is 450. The van der Waals surface area contributed by atoms with Crippen molar-refractivity contribution in [2.45, 2.75) is 45.4 Å². The van der Waals surface area contributed by atoms with Crippen LogP contribution in [0.25, 0.3) is 0 Å². The van der Waals surface area contributed by atoms with E-state index in [0.29, 0.717) is 5.92 Å². The molecule has 110 valence electrons. The summed E-state index contributed by atoms with van der Waals surface area (Å²) in [5.74, 6) is 2.66. The molecular formula is C17H27N3. The van der Waals surface area contributed by atoms with Gasteiger partial charge in [0, 0.05) is 25.6 Å². The Labute approximate surface area is 122 Å². The summed E-state index contributed by atoms with van der Waals surface area (Å²) < 4.78 is 0. The molecule has 3 rings (SSSR count). The van der Waals surface area contributed by atoms with Crippen molar-refractivity contribution in [3.63, 3.8) is 0 Å². The molecule has 3 heteroatoms. The smallest absolute Gasteiger partial charge is 0.128 e. The fourth-order valence-corrected chi connectivity index (χ4v) is 3.52. The van der Waals surface area contributed by atoms with Crippen LogP contribution in [-0.2, 0) is 6.42 Å². The van der Waals surface area contributed by atoms with Crippen molar-refractivity contribution in [3.05, 3.63) is 23.4 Å². The number of piperidine rings is 1. The summed E-state index contributed by atoms with van der Waals surface area (Å²) in [7, 11) is 0. The van der Waals surface area contributed by atoms with E-state index in [1.165, 1.54) is 49.4 Å². The summed E-state index contributed by atoms with van der Waals surface area (Å²) >= 11 is 0. The summed E-state index contributed by atoms with van der Waals surface area (Å²) in [6, 6.07) is 4.55. The molecule has 1 fully saturated rings. The molecule has 3 nitrogen and oxygen atoms in total. The Morgan fingerprint density at radius 2 is 2.10 bits per heavy atom. The number of nitrogens with zero attached hydrogens (tertiary/aromatic N) is 2. The fourth-order valence-electron chi connectivity index (χ4n) is 3.52. The van der Waals surface area contributed by atoms with Gasteiger partial charge in [-0.05, 0) is 43.4 Å². The van der Waals surface area contributed by atoms with E-state index < -0.39 is 0 Å². The second-order valence-electron chi connectivity index (χ2n) is 6.41. The van der Waals surface area contributed by atoms with Gasteiger partial charge in [-0.3, -0.25) is 0 Å². The van der Waals surface area contributed by atoms with Crippen molar-refractivity contribution in [1.82, 2.24) is 10.3 Å². The zero-order valence-electron chi connectivity index (χ0n) is 12.9. The van der Waals surface area contributed by atoms with Crippen LogP contribution in [0.15, 0.2) is 12.1 Å². The zero-order chi connectivity index (χ0) is 13.9. The number of pyridine rings is 1. The van der Waals surface area contributed by atoms with Crippen molar-refractivity contribution >= 4 is 5.82 Å². The van der Waals surface area contributed by atoms with Crippen LogP contribution in [0.5, 0.6) is 0 Å². The SMILES string of the molecule is CCC1CCN(c2ccc3c(n2)C(C)CNCC3)CC1. The van der Waals surface area contributed by atoms with Crippen LogP contribution in [-0.4, -0.2) is 31.2 Å². The molecule has 0 bridgehead atoms. The molecule has 0 aromatic carbocycles. The van der Waals surface area contributed by atoms with Gasteiger partial charge >= 0.3 is 0 Å². The maximum Gasteiger partial charge on any atom is 0.128 e. The van der Waals surface area contributed by atoms with Crippen LogP contribution in [0, 0.1) is 5.92 Å². The van der Waals surface area contributed by atoms with Crippen molar-refractivity contribution in [3.8, 4) is 0 Å². The topological polar surface area (TPSA) is 28.2 Å². The first-order valence-corrected chi connectivity index (χ1v) is 8.23. The monoisotopic (exact) mass is 273 g/mol. The summed E-state index contributed by atoms with van der Waals surface area (Å²) in [6.45, 7) is 9.10. The molecule has 2 aliphatic heterocycles. The number of hydrogen-bond acceptors (Lipinski definition) is 3. The van der Waals surface area contributed by atoms with Gasteiger partial charge in [-0.15, -0.1) is 0 Å². The van der Waals surface area contributed by atoms with E-state index in [2.05, 4.69) is 36.2 Å². The molecule has 1 aromatic heterocycles. The van der Waals surface area contributed by atoms with Crippen LogP contribution in [0.4, 0.5) is 5.82 Å². The normalized spacial score (nSPS) is 24.3. The fraction of sp³-hybridized carbons (Fsp3) is 0.706. The van der Waals surface area contributed by atoms with Gasteiger partial charge in [0.25, 0.3) is 0 Å². The van der Waals surface area contributed by atoms with Crippen molar-refractivity contribution in [2.75, 3.05) is 31.1 Å². The summed E-state index contributed by atoms with van der Waals surface area (Å²) in [5, 5.41) is 3.50. The Morgan fingerprint density at radius 1 is 1.30 bits per heavy atom. The Kier molecular flexibility index (Phi) is 4.25. The molecule has 0 aliphatic carbocycles. The van der Waals surface area contributed by atoms with Gasteiger partial charge < -0.3 is 10.2 Å². The van der Waals surface area contributed by atoms with Crippen molar-refractivity contribution in [1.29, 1.82) is 0 Å². The molecule has 2 aliphatic rings. The lowest BCUT2D eigenvalue weighted by Crippen LogP contribution is -2.34. The number of nitrogens with one attached hydrogen (secondary N) is 1. The van der Waals surface area contributed by atoms with E-state index in [1.807, 2.05) is 0 Å². The van der Waals surface area contributed by atoms with Gasteiger partial charge in [-0.1, -0.05) is 26.3 Å². The predicted molar refractivity (Wildman–Crippen MR) is 84.5 cm³/mol. The van der Waals surface area contributed by atoms with Crippen LogP contribution < -0.4 is 10.2 Å². The van der Waals surface area contributed by atoms with Crippen LogP contribution >= 0.6 is 0 Å². The van der Waals surface area contributed by atoms with Gasteiger partial charge in [-0.25, -0.2) is 4.98 Å². The van der Waals surface area contributed by atoms with Crippen LogP contribution in [0.3, 0.4) is 0 Å². The summed E-state index contributed by atoms with van der Waals surface area (Å²) in [4.78, 5) is 7.50. The minimum atomic E-state index is 0.528. The maximum absolute atomic E-state index is 5.01. The molecule has 1 aromatic rings. The van der Waals surface area contributed by atoms with Crippen molar-refractivity contribution in [2.24, 2.45) is 5.92 Å². The van der Waals surface area contributed by atoms with Crippen LogP contribution in [0.1, 0.15) is 50.3 Å². The third-order valence-electron chi connectivity index (χ3n) is 5.00. The lowest BCUT2D eigenvalue weighted by Gasteiger charge is -2.33. The van der Waals surface area contributed by atoms with E-state index >= 15 is 0 Å². The number of anilines is 1. The lowest BCUT2D eigenvalue weighted by atomic mass is 9.94. The van der Waals surface area contributed by atoms with E-state index in [-0.39, 0.29) is 0 Å². The first kappa shape index (κ1) is 13.9. The number of hydrogen-bond donors (Lipinski definition) is 1. The highest BCUT2D eigenvalue weighted by atomic mass is 15.2. The third-order valence-corrected chi connectivity index (χ3v) is 5.00. The van der Waals surface area contributed by atoms with E-state index in [9.17, 15) is 0 Å². The highest BCUT2D eigenvalue weighted by Crippen LogP contribution is 2.27. The van der Waals surface area contributed by atoms with Crippen molar-refractivity contribution < 1.29 is 0 Å². The quantitative estimate of drug-likeness (QED) is 0.898. The number of aromatic nitrogens is 1. The number of fused-ring (bicyclic) bond motifs is 1. The van der Waals surface area contributed by atoms with Gasteiger partial charge in [-0.2, -0.15) is 0 Å². The Hall–Kier alpha value is -1.09. The third kappa shape index (κ3) is 2.83. The Balaban J connectivity index is 1.78. The van der Waals surface area contributed by atoms with E-state index in [1.54, 1.807) is 0 Å². The van der Waals surface area contributed by atoms with Gasteiger partial charge in [0.05, 0.1) is 5.69 Å². The molecule has 1 N–H and O–H groups in total. The lowest BCUT2D eigenvalue weighted by molar-refractivity contribution is 0.393. The molecule has 1 atom stereocenters. The largest absolute Gasteiger partial charge is 0.357 e. The molecule has 0 saturated carbocycles. The molecule has 0 spiro atoms. The van der Waals surface area contributed by atoms with Gasteiger partial charge in [0.1, 0.15) is 5.82 Å². The maximum atomic E-state index is 5.01. The predicted octanol–water partition coefficient (Wildman–Crippen LogP) is 2.96. The molecule has 3 heterocycles. The van der Waals surface area contributed by atoms with E-state index in [4.69, 9.17) is 4.98 Å². The minimum absolute atomic E-state index is 0.528. The highest BCUT2D eigenvalue weighted by Gasteiger charge is 2.21. The number of rotatable bonds is 2. The van der Waals surface area contributed by atoms with E-state index in [0.717, 1.165) is 25.4 Å². The highest BCUT2D eigenvalue weighted by molar-refractivity contribution is 5.43. The average Bonchev–Trinajstić information content (AvgIpc) is 2.69. The molecular weight excluding hydrogens is 246 g/mol. The van der Waals surface area contributed by atoms with Crippen LogP contribution in [0.2, 0.25) is 0 Å². The van der Waals surface area contributed by atoms with Gasteiger partial charge in [0.2, 0.25) is 0 Å². The second kappa shape index (κ2) is 6.13. The first-order chi connectivity index (χ1) is 9.78.